The van der Waals surface area contributed by atoms with Crippen LogP contribution in [0.4, 0.5) is 0 Å². The number of hydrogen-bond donors (Lipinski definition) is 2. The minimum atomic E-state index is -1.18. The van der Waals surface area contributed by atoms with Gasteiger partial charge in [0.2, 0.25) is 0 Å². The first-order chi connectivity index (χ1) is 10.6. The Morgan fingerprint density at radius 3 is 2.91 bits per heavy atom. The van der Waals surface area contributed by atoms with Crippen LogP contribution < -0.4 is 10.8 Å². The molecule has 116 valence electrons. The molecular formula is C16H19N3O3. The average molecular weight is 301 g/mol. The molecule has 1 amide bonds. The Morgan fingerprint density at radius 1 is 1.41 bits per heavy atom. The van der Waals surface area contributed by atoms with Crippen molar-refractivity contribution in [3.05, 3.63) is 36.0 Å². The number of aromatic amines is 1. The zero-order valence-electron chi connectivity index (χ0n) is 12.2. The molecule has 1 aromatic carbocycles. The van der Waals surface area contributed by atoms with Crippen molar-refractivity contribution in [3.63, 3.8) is 0 Å². The molecule has 2 aromatic rings. The summed E-state index contributed by atoms with van der Waals surface area (Å²) in [5, 5.41) is 12.2. The molecule has 0 aliphatic carbocycles. The van der Waals surface area contributed by atoms with E-state index in [4.69, 9.17) is 0 Å². The lowest BCUT2D eigenvalue weighted by atomic mass is 10.1. The van der Waals surface area contributed by atoms with Gasteiger partial charge in [0.25, 0.3) is 5.91 Å². The number of H-pyrrole nitrogens is 1. The number of nitrogens with one attached hydrogen (secondary N) is 1. The Hall–Kier alpha value is -2.34. The van der Waals surface area contributed by atoms with Crippen molar-refractivity contribution in [2.45, 2.75) is 31.3 Å². The van der Waals surface area contributed by atoms with Crippen LogP contribution in [0.5, 0.6) is 0 Å². The number of carboxylic acids is 1. The number of carboxylic acid groups (broad SMARTS) is 1. The molecule has 3 rings (SSSR count). The van der Waals surface area contributed by atoms with E-state index in [1.807, 2.05) is 30.3 Å². The highest BCUT2D eigenvalue weighted by molar-refractivity contribution is 5.86. The van der Waals surface area contributed by atoms with Crippen molar-refractivity contribution in [1.82, 2.24) is 9.88 Å². The van der Waals surface area contributed by atoms with Crippen molar-refractivity contribution in [2.75, 3.05) is 6.54 Å². The molecule has 6 heteroatoms. The molecule has 6 nitrogen and oxygen atoms in total. The fourth-order valence-electron chi connectivity index (χ4n) is 3.11. The summed E-state index contributed by atoms with van der Waals surface area (Å²) in [6.07, 6.45) is 1.63. The van der Waals surface area contributed by atoms with Crippen LogP contribution in [0.2, 0.25) is 0 Å². The molecule has 1 aliphatic heterocycles. The van der Waals surface area contributed by atoms with Gasteiger partial charge >= 0.3 is 0 Å². The molecule has 0 bridgehead atoms. The zero-order chi connectivity index (χ0) is 15.7. The third-order valence-electron chi connectivity index (χ3n) is 4.21. The lowest BCUT2D eigenvalue weighted by Crippen LogP contribution is -2.69. The van der Waals surface area contributed by atoms with Gasteiger partial charge < -0.3 is 25.5 Å². The van der Waals surface area contributed by atoms with Gasteiger partial charge in [-0.15, -0.1) is 0 Å². The van der Waals surface area contributed by atoms with Crippen LogP contribution in [-0.2, 0) is 16.0 Å². The van der Waals surface area contributed by atoms with Crippen LogP contribution in [0.3, 0.4) is 0 Å². The summed E-state index contributed by atoms with van der Waals surface area (Å²) in [4.78, 5) is 28.2. The monoisotopic (exact) mass is 301 g/mol. The second-order valence-corrected chi connectivity index (χ2v) is 5.79. The number of aromatic nitrogens is 1. The van der Waals surface area contributed by atoms with Crippen molar-refractivity contribution in [1.29, 1.82) is 0 Å². The standard InChI is InChI=1S/C16H19N3O3/c17-12(15(20)19-7-3-6-14(19)16(21)22)9-11-8-10-4-1-2-5-13(10)18-11/h1-2,4-5,8,12,14,18H,3,6-7,9,17H2,(H,21,22). The number of benzene rings is 1. The van der Waals surface area contributed by atoms with Crippen LogP contribution in [0.15, 0.2) is 30.3 Å². The maximum Gasteiger partial charge on any atom is 0.281 e. The number of amides is 1. The number of nitrogens with zero attached hydrogens (tertiary/aromatic N) is 1. The smallest absolute Gasteiger partial charge is 0.281 e. The molecule has 2 heterocycles. The van der Waals surface area contributed by atoms with E-state index in [2.05, 4.69) is 10.7 Å². The number of likely N-dealkylation sites (tertiary alicyclic amines) is 1. The first-order valence-electron chi connectivity index (χ1n) is 7.47. The van der Waals surface area contributed by atoms with E-state index >= 15 is 0 Å². The van der Waals surface area contributed by atoms with E-state index < -0.39 is 18.1 Å². The van der Waals surface area contributed by atoms with Gasteiger partial charge in [-0.2, -0.15) is 0 Å². The van der Waals surface area contributed by atoms with Gasteiger partial charge in [0, 0.05) is 24.2 Å². The summed E-state index contributed by atoms with van der Waals surface area (Å²) < 4.78 is 0. The first kappa shape index (κ1) is 14.6. The van der Waals surface area contributed by atoms with Gasteiger partial charge in [-0.25, -0.2) is 0 Å². The van der Waals surface area contributed by atoms with Crippen molar-refractivity contribution in [3.8, 4) is 0 Å². The van der Waals surface area contributed by atoms with Crippen molar-refractivity contribution < 1.29 is 20.4 Å². The summed E-state index contributed by atoms with van der Waals surface area (Å²) in [5.74, 6) is -1.39. The molecule has 0 saturated carbocycles. The number of carbonyl (C=O) groups is 2. The van der Waals surface area contributed by atoms with Gasteiger partial charge in [0.05, 0.1) is 12.0 Å². The summed E-state index contributed by atoms with van der Waals surface area (Å²) in [6, 6.07) is 8.58. The quantitative estimate of drug-likeness (QED) is 0.761. The van der Waals surface area contributed by atoms with E-state index in [0.29, 0.717) is 25.8 Å². The fraction of sp³-hybridized carbons (Fsp3) is 0.375. The molecule has 0 radical (unpaired) electrons. The minimum Gasteiger partial charge on any atom is -0.548 e. The predicted molar refractivity (Wildman–Crippen MR) is 78.4 cm³/mol. The van der Waals surface area contributed by atoms with Gasteiger partial charge in [-0.1, -0.05) is 18.2 Å². The molecular weight excluding hydrogens is 282 g/mol. The Kier molecular flexibility index (Phi) is 3.85. The van der Waals surface area contributed by atoms with Crippen LogP contribution in [0, 0.1) is 0 Å². The molecule has 1 fully saturated rings. The predicted octanol–water partition coefficient (Wildman–Crippen LogP) is -0.938. The van der Waals surface area contributed by atoms with Crippen LogP contribution in [0.1, 0.15) is 18.5 Å². The Morgan fingerprint density at radius 2 is 2.18 bits per heavy atom. The highest BCUT2D eigenvalue weighted by atomic mass is 16.4. The van der Waals surface area contributed by atoms with Gasteiger partial charge in [-0.3, -0.25) is 4.79 Å². The van der Waals surface area contributed by atoms with Crippen molar-refractivity contribution in [2.24, 2.45) is 0 Å². The normalized spacial score (nSPS) is 19.5. The summed E-state index contributed by atoms with van der Waals surface area (Å²) in [7, 11) is 0. The molecule has 2 unspecified atom stereocenters. The molecule has 4 N–H and O–H groups in total. The van der Waals surface area contributed by atoms with E-state index in [1.165, 1.54) is 4.90 Å². The van der Waals surface area contributed by atoms with Gasteiger partial charge in [0.1, 0.15) is 0 Å². The topological polar surface area (TPSA) is 104 Å². The molecule has 1 aliphatic rings. The molecule has 1 aromatic heterocycles. The lowest BCUT2D eigenvalue weighted by Gasteiger charge is -2.26. The Bertz CT molecular complexity index is 676. The second-order valence-electron chi connectivity index (χ2n) is 5.79. The number of aliphatic carboxylic acids is 1. The van der Waals surface area contributed by atoms with E-state index in [0.717, 1.165) is 16.6 Å². The summed E-state index contributed by atoms with van der Waals surface area (Å²) >= 11 is 0. The molecule has 0 spiro atoms. The van der Waals surface area contributed by atoms with E-state index in [1.54, 1.807) is 0 Å². The van der Waals surface area contributed by atoms with Crippen LogP contribution in [0.25, 0.3) is 10.9 Å². The van der Waals surface area contributed by atoms with Gasteiger partial charge in [0.15, 0.2) is 6.04 Å². The number of hydrogen-bond acceptors (Lipinski definition) is 3. The van der Waals surface area contributed by atoms with E-state index in [-0.39, 0.29) is 5.91 Å². The number of quaternary nitrogens is 1. The summed E-state index contributed by atoms with van der Waals surface area (Å²) in [6.45, 7) is 0.468. The maximum absolute atomic E-state index is 12.4. The minimum absolute atomic E-state index is 0.217. The molecule has 22 heavy (non-hydrogen) atoms. The highest BCUT2D eigenvalue weighted by Crippen LogP contribution is 2.19. The Labute approximate surface area is 127 Å². The highest BCUT2D eigenvalue weighted by Gasteiger charge is 2.34. The van der Waals surface area contributed by atoms with Gasteiger partial charge in [-0.05, 0) is 30.4 Å². The second kappa shape index (κ2) is 5.81. The largest absolute Gasteiger partial charge is 0.548 e. The van der Waals surface area contributed by atoms with Crippen LogP contribution >= 0.6 is 0 Å². The van der Waals surface area contributed by atoms with Crippen LogP contribution in [-0.4, -0.2) is 40.4 Å². The van der Waals surface area contributed by atoms with E-state index in [9.17, 15) is 14.7 Å². The zero-order valence-corrected chi connectivity index (χ0v) is 12.2. The Balaban J connectivity index is 1.72. The average Bonchev–Trinajstić information content (AvgIpc) is 3.12. The first-order valence-corrected chi connectivity index (χ1v) is 7.47. The number of rotatable bonds is 4. The number of para-hydroxylation sites is 1. The third-order valence-corrected chi connectivity index (χ3v) is 4.21. The fourth-order valence-corrected chi connectivity index (χ4v) is 3.11. The number of fused-ring (bicyclic) bond motifs is 1. The summed E-state index contributed by atoms with van der Waals surface area (Å²) in [5.41, 5.74) is 5.87. The molecule has 2 atom stereocenters. The third kappa shape index (κ3) is 2.69. The SMILES string of the molecule is [NH3+]C(Cc1cc2ccccc2[nH]1)C(=O)N1CCCC1C(=O)[O-]. The lowest BCUT2D eigenvalue weighted by molar-refractivity contribution is -0.405. The molecule has 1 saturated heterocycles. The number of carbonyl (C=O) groups excluding carboxylic acids is 2. The maximum atomic E-state index is 12.4. The van der Waals surface area contributed by atoms with Crippen molar-refractivity contribution >= 4 is 22.8 Å².